The third-order valence-electron chi connectivity index (χ3n) is 3.42. The molecule has 0 amide bonds. The van der Waals surface area contributed by atoms with Gasteiger partial charge in [0.2, 0.25) is 0 Å². The molecule has 0 fully saturated rings. The molecule has 0 spiro atoms. The average molecular weight is 375 g/mol. The van der Waals surface area contributed by atoms with Gasteiger partial charge in [-0.05, 0) is 36.4 Å². The minimum Gasteiger partial charge on any atom is -0.497 e. The van der Waals surface area contributed by atoms with Crippen molar-refractivity contribution in [3.63, 3.8) is 0 Å². The monoisotopic (exact) mass is 375 g/mol. The lowest BCUT2D eigenvalue weighted by Crippen LogP contribution is -1.95. The van der Waals surface area contributed by atoms with Gasteiger partial charge in [-0.1, -0.05) is 17.8 Å². The van der Waals surface area contributed by atoms with Gasteiger partial charge in [-0.2, -0.15) is 5.26 Å². The molecule has 0 bridgehead atoms. The Morgan fingerprint density at radius 3 is 2.46 bits per heavy atom. The van der Waals surface area contributed by atoms with Crippen molar-refractivity contribution in [1.82, 2.24) is 0 Å². The van der Waals surface area contributed by atoms with Gasteiger partial charge in [-0.3, -0.25) is 0 Å². The number of hydrogen-bond donors (Lipinski definition) is 0. The molecule has 0 radical (unpaired) electrons. The molecule has 0 aliphatic heterocycles. The summed E-state index contributed by atoms with van der Waals surface area (Å²) >= 11 is 2.80. The van der Waals surface area contributed by atoms with Gasteiger partial charge in [-0.15, -0.1) is 11.3 Å². The molecule has 0 N–H and O–H groups in total. The highest BCUT2D eigenvalue weighted by Gasteiger charge is 2.16. The van der Waals surface area contributed by atoms with Crippen LogP contribution in [0.25, 0.3) is 10.1 Å². The maximum absolute atomic E-state index is 11.7. The van der Waals surface area contributed by atoms with Crippen LogP contribution in [0.4, 0.5) is 0 Å². The summed E-state index contributed by atoms with van der Waals surface area (Å²) in [4.78, 5) is 2.68. The number of hydrogen-bond acceptors (Lipinski definition) is 6. The van der Waals surface area contributed by atoms with Crippen molar-refractivity contribution in [1.29, 1.82) is 5.26 Å². The molecule has 0 aliphatic carbocycles. The minimum atomic E-state index is -3.27. The number of benzene rings is 2. The zero-order valence-corrected chi connectivity index (χ0v) is 15.4. The summed E-state index contributed by atoms with van der Waals surface area (Å²) in [6, 6.07) is 14.8. The molecule has 1 heterocycles. The number of fused-ring (bicyclic) bond motifs is 1. The lowest BCUT2D eigenvalue weighted by atomic mass is 10.2. The highest BCUT2D eigenvalue weighted by molar-refractivity contribution is 7.99. The van der Waals surface area contributed by atoms with Crippen molar-refractivity contribution in [2.75, 3.05) is 13.4 Å². The van der Waals surface area contributed by atoms with Gasteiger partial charge < -0.3 is 4.74 Å². The Kier molecular flexibility index (Phi) is 4.54. The van der Waals surface area contributed by atoms with Crippen LogP contribution in [0.1, 0.15) is 4.88 Å². The van der Waals surface area contributed by atoms with E-state index >= 15 is 0 Å². The van der Waals surface area contributed by atoms with E-state index in [2.05, 4.69) is 6.07 Å². The molecule has 24 heavy (non-hydrogen) atoms. The number of nitrogens with zero attached hydrogens (tertiary/aromatic N) is 1. The maximum atomic E-state index is 11.7. The summed E-state index contributed by atoms with van der Waals surface area (Å²) in [6.45, 7) is 0. The van der Waals surface area contributed by atoms with E-state index in [1.165, 1.54) is 29.4 Å². The van der Waals surface area contributed by atoms with E-state index in [4.69, 9.17) is 4.74 Å². The summed E-state index contributed by atoms with van der Waals surface area (Å²) in [5.74, 6) is 0.771. The normalized spacial score (nSPS) is 11.4. The summed E-state index contributed by atoms with van der Waals surface area (Å²) in [6.07, 6.45) is 1.18. The van der Waals surface area contributed by atoms with E-state index in [0.29, 0.717) is 4.88 Å². The Morgan fingerprint density at radius 2 is 1.88 bits per heavy atom. The highest BCUT2D eigenvalue weighted by atomic mass is 32.2. The van der Waals surface area contributed by atoms with Crippen molar-refractivity contribution < 1.29 is 13.2 Å². The molecule has 1 aromatic heterocycles. The smallest absolute Gasteiger partial charge is 0.175 e. The third kappa shape index (κ3) is 3.26. The van der Waals surface area contributed by atoms with E-state index in [9.17, 15) is 13.7 Å². The van der Waals surface area contributed by atoms with Crippen molar-refractivity contribution in [2.24, 2.45) is 0 Å². The number of rotatable bonds is 4. The first-order valence-electron chi connectivity index (χ1n) is 6.91. The fraction of sp³-hybridized carbons (Fsp3) is 0.118. The Morgan fingerprint density at radius 1 is 1.17 bits per heavy atom. The Hall–Kier alpha value is -2.01. The van der Waals surface area contributed by atoms with E-state index in [-0.39, 0.29) is 4.90 Å². The number of nitriles is 1. The Labute approximate surface area is 148 Å². The Balaban J connectivity index is 2.07. The van der Waals surface area contributed by atoms with Crippen LogP contribution in [0.5, 0.6) is 5.75 Å². The maximum Gasteiger partial charge on any atom is 0.175 e. The van der Waals surface area contributed by atoms with Gasteiger partial charge in [0, 0.05) is 26.1 Å². The molecule has 7 heteroatoms. The van der Waals surface area contributed by atoms with Gasteiger partial charge in [0.25, 0.3) is 0 Å². The van der Waals surface area contributed by atoms with E-state index in [1.54, 1.807) is 25.3 Å². The molecule has 3 rings (SSSR count). The Bertz CT molecular complexity index is 1050. The topological polar surface area (TPSA) is 67.2 Å². The molecule has 122 valence electrons. The van der Waals surface area contributed by atoms with Crippen LogP contribution in [0, 0.1) is 11.3 Å². The van der Waals surface area contributed by atoms with Gasteiger partial charge in [0.15, 0.2) is 9.84 Å². The van der Waals surface area contributed by atoms with E-state index in [0.717, 1.165) is 25.6 Å². The van der Waals surface area contributed by atoms with Crippen molar-refractivity contribution >= 4 is 43.0 Å². The molecule has 0 saturated carbocycles. The third-order valence-corrected chi connectivity index (χ3v) is 6.86. The second-order valence-electron chi connectivity index (χ2n) is 5.08. The van der Waals surface area contributed by atoms with Gasteiger partial charge in [-0.25, -0.2) is 8.42 Å². The number of ether oxygens (including phenoxy) is 1. The predicted molar refractivity (Wildman–Crippen MR) is 96.8 cm³/mol. The minimum absolute atomic E-state index is 0.265. The molecule has 0 atom stereocenters. The van der Waals surface area contributed by atoms with Gasteiger partial charge >= 0.3 is 0 Å². The second kappa shape index (κ2) is 6.48. The first-order chi connectivity index (χ1) is 11.4. The SMILES string of the molecule is COc1ccc(Sc2c(C#N)sc3cc(S(C)(=O)=O)ccc23)cc1. The molecule has 2 aromatic carbocycles. The first kappa shape index (κ1) is 16.8. The number of methoxy groups -OCH3 is 1. The van der Waals surface area contributed by atoms with Crippen molar-refractivity contribution in [2.45, 2.75) is 14.7 Å². The average Bonchev–Trinajstić information content (AvgIpc) is 2.92. The quantitative estimate of drug-likeness (QED) is 0.679. The number of sulfone groups is 1. The fourth-order valence-electron chi connectivity index (χ4n) is 2.22. The first-order valence-corrected chi connectivity index (χ1v) is 10.4. The van der Waals surface area contributed by atoms with Crippen molar-refractivity contribution in [3.05, 3.63) is 47.3 Å². The van der Waals surface area contributed by atoms with Crippen LogP contribution in [-0.2, 0) is 9.84 Å². The zero-order valence-electron chi connectivity index (χ0n) is 12.9. The van der Waals surface area contributed by atoms with Gasteiger partial charge in [0.05, 0.1) is 12.0 Å². The molecular formula is C17H13NO3S3. The summed E-state index contributed by atoms with van der Waals surface area (Å²) < 4.78 is 29.4. The van der Waals surface area contributed by atoms with Crippen molar-refractivity contribution in [3.8, 4) is 11.8 Å². The van der Waals surface area contributed by atoms with Crippen LogP contribution in [0.3, 0.4) is 0 Å². The van der Waals surface area contributed by atoms with Crippen LogP contribution in [-0.4, -0.2) is 21.8 Å². The largest absolute Gasteiger partial charge is 0.497 e. The van der Waals surface area contributed by atoms with Crippen LogP contribution >= 0.6 is 23.1 Å². The summed E-state index contributed by atoms with van der Waals surface area (Å²) in [7, 11) is -1.66. The predicted octanol–water partition coefficient (Wildman–Crippen LogP) is 4.34. The summed E-state index contributed by atoms with van der Waals surface area (Å²) in [5.41, 5.74) is 0. The van der Waals surface area contributed by atoms with Gasteiger partial charge in [0.1, 0.15) is 16.7 Å². The molecule has 4 nitrogen and oxygen atoms in total. The lowest BCUT2D eigenvalue weighted by molar-refractivity contribution is 0.414. The molecular weight excluding hydrogens is 362 g/mol. The fourth-order valence-corrected chi connectivity index (χ4v) is 5.13. The number of thiophene rings is 1. The molecule has 0 unspecified atom stereocenters. The van der Waals surface area contributed by atoms with Crippen LogP contribution in [0.15, 0.2) is 57.2 Å². The van der Waals surface area contributed by atoms with E-state index < -0.39 is 9.84 Å². The lowest BCUT2D eigenvalue weighted by Gasteiger charge is -2.04. The summed E-state index contributed by atoms with van der Waals surface area (Å²) in [5, 5.41) is 10.3. The standard InChI is InChI=1S/C17H13NO3S3/c1-21-11-3-5-12(6-4-11)22-17-14-8-7-13(24(2,19)20)9-15(14)23-16(17)10-18/h3-9H,1-2H3. The zero-order chi connectivity index (χ0) is 17.3. The molecule has 3 aromatic rings. The highest BCUT2D eigenvalue weighted by Crippen LogP contribution is 2.42. The van der Waals surface area contributed by atoms with Crippen LogP contribution < -0.4 is 4.74 Å². The molecule has 0 aliphatic rings. The molecule has 0 saturated heterocycles. The van der Waals surface area contributed by atoms with E-state index in [1.807, 2.05) is 24.3 Å². The van der Waals surface area contributed by atoms with Crippen LogP contribution in [0.2, 0.25) is 0 Å². The second-order valence-corrected chi connectivity index (χ2v) is 9.23.